The SMILES string of the molecule is CC(C)(N)CC(=O)N[C@H](COc1ccccc1)C(=O)NCc1ccc(-c2ccccc2-c2nn[nH]n2)cc1. The van der Waals surface area contributed by atoms with Gasteiger partial charge in [-0.05, 0) is 47.9 Å². The van der Waals surface area contributed by atoms with E-state index in [1.54, 1.807) is 26.0 Å². The first-order valence-corrected chi connectivity index (χ1v) is 12.2. The molecule has 1 heterocycles. The Morgan fingerprint density at radius 1 is 0.974 bits per heavy atom. The summed E-state index contributed by atoms with van der Waals surface area (Å²) in [6, 6.07) is 23.9. The predicted molar refractivity (Wildman–Crippen MR) is 144 cm³/mol. The summed E-state index contributed by atoms with van der Waals surface area (Å²) in [7, 11) is 0. The average molecular weight is 514 g/mol. The first-order chi connectivity index (χ1) is 18.3. The molecule has 38 heavy (non-hydrogen) atoms. The Bertz CT molecular complexity index is 1340. The number of aromatic nitrogens is 4. The maximum Gasteiger partial charge on any atom is 0.246 e. The van der Waals surface area contributed by atoms with Crippen LogP contribution in [-0.2, 0) is 16.1 Å². The maximum absolute atomic E-state index is 13.0. The van der Waals surface area contributed by atoms with Gasteiger partial charge in [-0.1, -0.05) is 66.7 Å². The number of ether oxygens (including phenoxy) is 1. The van der Waals surface area contributed by atoms with Gasteiger partial charge in [-0.3, -0.25) is 9.59 Å². The molecule has 0 aliphatic rings. The number of para-hydroxylation sites is 1. The van der Waals surface area contributed by atoms with E-state index >= 15 is 0 Å². The van der Waals surface area contributed by atoms with Crippen LogP contribution in [0.15, 0.2) is 78.9 Å². The van der Waals surface area contributed by atoms with Crippen molar-refractivity contribution < 1.29 is 14.3 Å². The second kappa shape index (κ2) is 12.1. The van der Waals surface area contributed by atoms with Crippen LogP contribution in [0.25, 0.3) is 22.5 Å². The summed E-state index contributed by atoms with van der Waals surface area (Å²) >= 11 is 0. The number of nitrogens with one attached hydrogen (secondary N) is 3. The fraction of sp³-hybridized carbons (Fsp3) is 0.250. The largest absolute Gasteiger partial charge is 0.491 e. The lowest BCUT2D eigenvalue weighted by Gasteiger charge is -2.22. The van der Waals surface area contributed by atoms with E-state index < -0.39 is 11.6 Å². The summed E-state index contributed by atoms with van der Waals surface area (Å²) in [6.45, 7) is 3.78. The molecule has 4 aromatic rings. The van der Waals surface area contributed by atoms with Crippen molar-refractivity contribution in [3.8, 4) is 28.3 Å². The van der Waals surface area contributed by atoms with Crippen molar-refractivity contribution in [2.24, 2.45) is 5.73 Å². The van der Waals surface area contributed by atoms with Gasteiger partial charge in [0.1, 0.15) is 18.4 Å². The number of hydrogen-bond acceptors (Lipinski definition) is 7. The lowest BCUT2D eigenvalue weighted by Crippen LogP contribution is -2.51. The second-order valence-electron chi connectivity index (χ2n) is 9.61. The fourth-order valence-corrected chi connectivity index (χ4v) is 3.86. The predicted octanol–water partition coefficient (Wildman–Crippen LogP) is 2.84. The van der Waals surface area contributed by atoms with Gasteiger partial charge < -0.3 is 21.1 Å². The van der Waals surface area contributed by atoms with E-state index in [2.05, 4.69) is 31.3 Å². The Morgan fingerprint density at radius 2 is 1.66 bits per heavy atom. The number of aromatic amines is 1. The lowest BCUT2D eigenvalue weighted by atomic mass is 9.98. The van der Waals surface area contributed by atoms with Crippen LogP contribution < -0.4 is 21.1 Å². The molecule has 3 aromatic carbocycles. The van der Waals surface area contributed by atoms with Crippen molar-refractivity contribution in [1.82, 2.24) is 31.3 Å². The number of hydrogen-bond donors (Lipinski definition) is 4. The summed E-state index contributed by atoms with van der Waals surface area (Å²) in [5.74, 6) is 0.450. The van der Waals surface area contributed by atoms with Crippen LogP contribution >= 0.6 is 0 Å². The van der Waals surface area contributed by atoms with E-state index in [-0.39, 0.29) is 31.4 Å². The maximum atomic E-state index is 13.0. The Kier molecular flexibility index (Phi) is 8.44. The second-order valence-corrected chi connectivity index (χ2v) is 9.61. The molecule has 196 valence electrons. The first kappa shape index (κ1) is 26.5. The lowest BCUT2D eigenvalue weighted by molar-refractivity contribution is -0.130. The van der Waals surface area contributed by atoms with Gasteiger partial charge in [0.15, 0.2) is 0 Å². The molecule has 0 fully saturated rings. The van der Waals surface area contributed by atoms with E-state index in [9.17, 15) is 9.59 Å². The van der Waals surface area contributed by atoms with E-state index in [4.69, 9.17) is 10.5 Å². The number of carbonyl (C=O) groups excluding carboxylic acids is 2. The van der Waals surface area contributed by atoms with Crippen molar-refractivity contribution in [2.75, 3.05) is 6.61 Å². The molecule has 0 unspecified atom stereocenters. The smallest absolute Gasteiger partial charge is 0.246 e. The van der Waals surface area contributed by atoms with Crippen LogP contribution in [-0.4, -0.2) is 50.6 Å². The van der Waals surface area contributed by atoms with Gasteiger partial charge in [0.25, 0.3) is 0 Å². The van der Waals surface area contributed by atoms with Crippen molar-refractivity contribution >= 4 is 11.8 Å². The third-order valence-electron chi connectivity index (χ3n) is 5.67. The minimum atomic E-state index is -0.883. The molecule has 0 bridgehead atoms. The zero-order valence-electron chi connectivity index (χ0n) is 21.3. The van der Waals surface area contributed by atoms with E-state index in [1.807, 2.05) is 66.7 Å². The third-order valence-corrected chi connectivity index (χ3v) is 5.67. The molecule has 10 heteroatoms. The summed E-state index contributed by atoms with van der Waals surface area (Å²) in [6.07, 6.45) is 0.0783. The highest BCUT2D eigenvalue weighted by atomic mass is 16.5. The number of H-pyrrole nitrogens is 1. The molecule has 0 radical (unpaired) electrons. The van der Waals surface area contributed by atoms with Crippen LogP contribution in [0, 0.1) is 0 Å². The Hall–Kier alpha value is -4.57. The minimum Gasteiger partial charge on any atom is -0.491 e. The molecule has 1 aromatic heterocycles. The molecular weight excluding hydrogens is 482 g/mol. The fourth-order valence-electron chi connectivity index (χ4n) is 3.86. The van der Waals surface area contributed by atoms with Crippen LogP contribution in [0.1, 0.15) is 25.8 Å². The van der Waals surface area contributed by atoms with E-state index in [0.717, 1.165) is 22.3 Å². The quantitative estimate of drug-likeness (QED) is 0.241. The zero-order chi connectivity index (χ0) is 27.0. The summed E-state index contributed by atoms with van der Waals surface area (Å²) in [5, 5.41) is 20.0. The highest BCUT2D eigenvalue weighted by Crippen LogP contribution is 2.29. The van der Waals surface area contributed by atoms with Gasteiger partial charge in [0.2, 0.25) is 17.6 Å². The molecule has 0 aliphatic heterocycles. The van der Waals surface area contributed by atoms with Gasteiger partial charge in [-0.15, -0.1) is 10.2 Å². The third kappa shape index (κ3) is 7.47. The number of benzene rings is 3. The van der Waals surface area contributed by atoms with Crippen molar-refractivity contribution in [2.45, 2.75) is 38.4 Å². The highest BCUT2D eigenvalue weighted by molar-refractivity contribution is 5.88. The van der Waals surface area contributed by atoms with Gasteiger partial charge in [-0.25, -0.2) is 0 Å². The molecule has 5 N–H and O–H groups in total. The van der Waals surface area contributed by atoms with Gasteiger partial charge in [0.05, 0.1) is 0 Å². The topological polar surface area (TPSA) is 148 Å². The van der Waals surface area contributed by atoms with Crippen LogP contribution in [0.4, 0.5) is 0 Å². The molecular formula is C28H31N7O3. The molecule has 4 rings (SSSR count). The van der Waals surface area contributed by atoms with Crippen molar-refractivity contribution in [3.05, 3.63) is 84.4 Å². The number of carbonyl (C=O) groups is 2. The summed E-state index contributed by atoms with van der Waals surface area (Å²) in [4.78, 5) is 25.5. The standard InChI is InChI=1S/C28H31N7O3/c1-28(2,29)16-25(36)31-24(18-38-21-8-4-3-5-9-21)27(37)30-17-19-12-14-20(15-13-19)22-10-6-7-11-23(22)26-32-34-35-33-26/h3-15,24H,16-18,29H2,1-2H3,(H,30,37)(H,31,36)(H,32,33,34,35)/t24-/m1/s1. The van der Waals surface area contributed by atoms with Crippen LogP contribution in [0.5, 0.6) is 5.75 Å². The van der Waals surface area contributed by atoms with E-state index in [0.29, 0.717) is 11.6 Å². The minimum absolute atomic E-state index is 0.0155. The monoisotopic (exact) mass is 513 g/mol. The number of amides is 2. The molecule has 0 saturated carbocycles. The summed E-state index contributed by atoms with van der Waals surface area (Å²) in [5.41, 5.74) is 8.98. The summed E-state index contributed by atoms with van der Waals surface area (Å²) < 4.78 is 5.76. The highest BCUT2D eigenvalue weighted by Gasteiger charge is 2.24. The number of tetrazole rings is 1. The molecule has 0 saturated heterocycles. The normalized spacial score (nSPS) is 12.0. The Morgan fingerprint density at radius 3 is 2.32 bits per heavy atom. The van der Waals surface area contributed by atoms with Crippen molar-refractivity contribution in [3.63, 3.8) is 0 Å². The molecule has 10 nitrogen and oxygen atoms in total. The molecule has 0 aliphatic carbocycles. The number of nitrogens with zero attached hydrogens (tertiary/aromatic N) is 3. The van der Waals surface area contributed by atoms with Crippen LogP contribution in [0.3, 0.4) is 0 Å². The van der Waals surface area contributed by atoms with Gasteiger partial charge in [-0.2, -0.15) is 5.21 Å². The van der Waals surface area contributed by atoms with Gasteiger partial charge >= 0.3 is 0 Å². The molecule has 0 spiro atoms. The van der Waals surface area contributed by atoms with E-state index in [1.165, 1.54) is 0 Å². The number of nitrogens with two attached hydrogens (primary N) is 1. The first-order valence-electron chi connectivity index (χ1n) is 12.2. The van der Waals surface area contributed by atoms with Gasteiger partial charge in [0, 0.05) is 24.1 Å². The Balaban J connectivity index is 1.41. The Labute approximate surface area is 221 Å². The molecule has 2 amide bonds. The average Bonchev–Trinajstić information content (AvgIpc) is 3.44. The van der Waals surface area contributed by atoms with Crippen molar-refractivity contribution in [1.29, 1.82) is 0 Å². The number of rotatable bonds is 11. The van der Waals surface area contributed by atoms with Crippen LogP contribution in [0.2, 0.25) is 0 Å². The molecule has 1 atom stereocenters. The zero-order valence-corrected chi connectivity index (χ0v) is 21.3.